The first-order valence-electron chi connectivity index (χ1n) is 4.37. The van der Waals surface area contributed by atoms with Gasteiger partial charge in [0.2, 0.25) is 0 Å². The molecule has 0 aliphatic rings. The molecule has 0 amide bonds. The van der Waals surface area contributed by atoms with E-state index >= 15 is 0 Å². The van der Waals surface area contributed by atoms with E-state index in [1.807, 2.05) is 0 Å². The predicted molar refractivity (Wildman–Crippen MR) is 54.9 cm³/mol. The predicted octanol–water partition coefficient (Wildman–Crippen LogP) is 2.85. The van der Waals surface area contributed by atoms with Gasteiger partial charge >= 0.3 is 78.7 Å². The van der Waals surface area contributed by atoms with Gasteiger partial charge in [-0.2, -0.15) is 0 Å². The Morgan fingerprint density at radius 3 is 3.00 bits per heavy atom. The Labute approximate surface area is 79.0 Å². The van der Waals surface area contributed by atoms with E-state index < -0.39 is 0 Å². The number of hydrogen-bond donors (Lipinski definition) is 0. The van der Waals surface area contributed by atoms with Crippen molar-refractivity contribution in [2.24, 2.45) is 0 Å². The summed E-state index contributed by atoms with van der Waals surface area (Å²) >= 11 is 0.610. The number of benzene rings is 1. The van der Waals surface area contributed by atoms with Crippen LogP contribution in [0.3, 0.4) is 0 Å². The fourth-order valence-corrected chi connectivity index (χ4v) is 3.29. The number of hydrogen-bond acceptors (Lipinski definition) is 0. The first-order chi connectivity index (χ1) is 5.92. The van der Waals surface area contributed by atoms with Crippen molar-refractivity contribution in [1.82, 2.24) is 0 Å². The third-order valence-electron chi connectivity index (χ3n) is 2.11. The number of aryl methyl sites for hydroxylation is 1. The summed E-state index contributed by atoms with van der Waals surface area (Å²) in [4.78, 5) is 2.32. The Morgan fingerprint density at radius 1 is 1.25 bits per heavy atom. The first kappa shape index (κ1) is 8.09. The normalized spacial score (nSPS) is 10.8. The maximum atomic E-state index is 2.32. The second-order valence-corrected chi connectivity index (χ2v) is 4.99. The molecule has 2 rings (SSSR count). The Balaban J connectivity index is 2.57. The van der Waals surface area contributed by atoms with E-state index in [1.165, 1.54) is 23.8 Å². The molecule has 0 bridgehead atoms. The molecule has 0 unspecified atom stereocenters. The van der Waals surface area contributed by atoms with Gasteiger partial charge in [0.05, 0.1) is 0 Å². The van der Waals surface area contributed by atoms with Gasteiger partial charge in [0.15, 0.2) is 0 Å². The summed E-state index contributed by atoms with van der Waals surface area (Å²) in [5.74, 6) is 0. The molecule has 0 atom stereocenters. The zero-order valence-electron chi connectivity index (χ0n) is 7.21. The van der Waals surface area contributed by atoms with E-state index in [0.29, 0.717) is 14.5 Å². The fraction of sp³-hybridized carbons (Fsp3) is 0.273. The summed E-state index contributed by atoms with van der Waals surface area (Å²) in [7, 11) is 0. The maximum absolute atomic E-state index is 2.32. The van der Waals surface area contributed by atoms with E-state index in [1.54, 1.807) is 4.26 Å². The van der Waals surface area contributed by atoms with Gasteiger partial charge in [-0.15, -0.1) is 0 Å². The molecular weight excluding hydrogens is 211 g/mol. The van der Waals surface area contributed by atoms with Crippen LogP contribution >= 0.6 is 0 Å². The van der Waals surface area contributed by atoms with Crippen molar-refractivity contribution >= 4 is 24.1 Å². The molecule has 0 spiro atoms. The standard InChI is InChI=1S/C11H12Se/c1-2-4-9-5-3-6-11-10(9)7-8-12-11/h3,5-8H,2,4H2,1H3. The molecule has 1 aromatic heterocycles. The zero-order valence-corrected chi connectivity index (χ0v) is 8.92. The summed E-state index contributed by atoms with van der Waals surface area (Å²) in [6, 6.07) is 9.00. The van der Waals surface area contributed by atoms with Crippen molar-refractivity contribution in [3.05, 3.63) is 34.8 Å². The SMILES string of the molecule is CCCc1cccc2[se]ccc12. The molecule has 1 heterocycles. The third kappa shape index (κ3) is 1.35. The molecule has 0 saturated heterocycles. The zero-order chi connectivity index (χ0) is 8.39. The monoisotopic (exact) mass is 224 g/mol. The Bertz CT molecular complexity index is 373. The van der Waals surface area contributed by atoms with Gasteiger partial charge in [-0.1, -0.05) is 0 Å². The second-order valence-electron chi connectivity index (χ2n) is 3.00. The summed E-state index contributed by atoms with van der Waals surface area (Å²) in [5.41, 5.74) is 1.53. The minimum absolute atomic E-state index is 0.610. The van der Waals surface area contributed by atoms with Gasteiger partial charge < -0.3 is 0 Å². The van der Waals surface area contributed by atoms with Crippen molar-refractivity contribution in [1.29, 1.82) is 0 Å². The molecule has 0 fully saturated rings. The van der Waals surface area contributed by atoms with Crippen LogP contribution in [0.25, 0.3) is 9.65 Å². The molecule has 1 aromatic carbocycles. The molecule has 0 saturated carbocycles. The van der Waals surface area contributed by atoms with Crippen LogP contribution in [0.15, 0.2) is 29.2 Å². The van der Waals surface area contributed by atoms with Crippen LogP contribution in [0, 0.1) is 0 Å². The van der Waals surface area contributed by atoms with Crippen LogP contribution in [-0.4, -0.2) is 14.5 Å². The fourth-order valence-electron chi connectivity index (χ4n) is 1.54. The van der Waals surface area contributed by atoms with Crippen molar-refractivity contribution in [3.8, 4) is 0 Å². The van der Waals surface area contributed by atoms with Crippen LogP contribution in [0.1, 0.15) is 18.9 Å². The van der Waals surface area contributed by atoms with Crippen molar-refractivity contribution < 1.29 is 0 Å². The summed E-state index contributed by atoms with van der Waals surface area (Å²) in [6.45, 7) is 2.24. The Morgan fingerprint density at radius 2 is 2.17 bits per heavy atom. The van der Waals surface area contributed by atoms with Crippen LogP contribution in [-0.2, 0) is 6.42 Å². The van der Waals surface area contributed by atoms with Crippen molar-refractivity contribution in [2.45, 2.75) is 19.8 Å². The van der Waals surface area contributed by atoms with E-state index in [-0.39, 0.29) is 0 Å². The van der Waals surface area contributed by atoms with E-state index in [4.69, 9.17) is 0 Å². The number of rotatable bonds is 2. The molecular formula is C11H12Se. The van der Waals surface area contributed by atoms with Gasteiger partial charge in [0.25, 0.3) is 0 Å². The number of fused-ring (bicyclic) bond motifs is 1. The third-order valence-corrected chi connectivity index (χ3v) is 3.96. The van der Waals surface area contributed by atoms with Crippen LogP contribution in [0.5, 0.6) is 0 Å². The van der Waals surface area contributed by atoms with Crippen LogP contribution in [0.2, 0.25) is 0 Å². The van der Waals surface area contributed by atoms with Gasteiger partial charge in [-0.25, -0.2) is 0 Å². The Kier molecular flexibility index (Phi) is 2.34. The van der Waals surface area contributed by atoms with Crippen molar-refractivity contribution in [3.63, 3.8) is 0 Å². The molecule has 1 heteroatoms. The molecule has 0 radical (unpaired) electrons. The average Bonchev–Trinajstić information content (AvgIpc) is 2.53. The summed E-state index contributed by atoms with van der Waals surface area (Å²) < 4.78 is 1.56. The first-order valence-corrected chi connectivity index (χ1v) is 6.21. The molecule has 0 nitrogen and oxygen atoms in total. The molecule has 0 N–H and O–H groups in total. The van der Waals surface area contributed by atoms with Gasteiger partial charge in [-0.05, 0) is 0 Å². The van der Waals surface area contributed by atoms with Crippen LogP contribution in [0.4, 0.5) is 0 Å². The van der Waals surface area contributed by atoms with Crippen LogP contribution < -0.4 is 0 Å². The summed E-state index contributed by atoms with van der Waals surface area (Å²) in [5, 5.41) is 1.51. The Hall–Kier alpha value is -0.521. The molecule has 0 aliphatic carbocycles. The van der Waals surface area contributed by atoms with E-state index in [0.717, 1.165) is 0 Å². The molecule has 12 heavy (non-hydrogen) atoms. The topological polar surface area (TPSA) is 0 Å². The van der Waals surface area contributed by atoms with E-state index in [2.05, 4.69) is 36.1 Å². The van der Waals surface area contributed by atoms with Gasteiger partial charge in [-0.3, -0.25) is 0 Å². The minimum atomic E-state index is 0.610. The summed E-state index contributed by atoms with van der Waals surface area (Å²) in [6.07, 6.45) is 2.47. The molecule has 2 aromatic rings. The van der Waals surface area contributed by atoms with Gasteiger partial charge in [0, 0.05) is 0 Å². The molecule has 62 valence electrons. The average molecular weight is 223 g/mol. The quantitative estimate of drug-likeness (QED) is 0.687. The van der Waals surface area contributed by atoms with Gasteiger partial charge in [0.1, 0.15) is 0 Å². The van der Waals surface area contributed by atoms with Crippen molar-refractivity contribution in [2.75, 3.05) is 0 Å². The second kappa shape index (κ2) is 3.47. The molecule has 0 aliphatic heterocycles. The van der Waals surface area contributed by atoms with E-state index in [9.17, 15) is 0 Å².